The minimum atomic E-state index is 0.725. The summed E-state index contributed by atoms with van der Waals surface area (Å²) >= 11 is 0. The van der Waals surface area contributed by atoms with Crippen molar-refractivity contribution in [2.75, 3.05) is 6.54 Å². The van der Waals surface area contributed by atoms with Gasteiger partial charge >= 0.3 is 0 Å². The molecule has 0 saturated heterocycles. The molecule has 2 N–H and O–H groups in total. The van der Waals surface area contributed by atoms with Crippen molar-refractivity contribution in [2.24, 2.45) is 5.73 Å². The fourth-order valence-electron chi connectivity index (χ4n) is 1.51. The molecule has 2 aromatic rings. The Hall–Kier alpha value is -1.49. The second-order valence-corrected chi connectivity index (χ2v) is 3.61. The van der Waals surface area contributed by atoms with Crippen LogP contribution >= 0.6 is 0 Å². The third-order valence-corrected chi connectivity index (χ3v) is 2.32. The highest BCUT2D eigenvalue weighted by Crippen LogP contribution is 2.05. The van der Waals surface area contributed by atoms with Crippen molar-refractivity contribution < 1.29 is 0 Å². The minimum Gasteiger partial charge on any atom is -0.330 e. The monoisotopic (exact) mass is 235 g/mol. The van der Waals surface area contributed by atoms with E-state index in [1.54, 1.807) is 0 Å². The van der Waals surface area contributed by atoms with Crippen LogP contribution in [-0.2, 0) is 6.42 Å². The van der Waals surface area contributed by atoms with E-state index in [-0.39, 0.29) is 0 Å². The molecular formula is C12H21N5. The standard InChI is InChI=1S/C10H15N5.C2H6/c1-8-5-6-10-13-12-9(15(10)14-8)4-2-3-7-11;1-2/h5-6H,2-4,7,11H2,1H3;1-2H3. The van der Waals surface area contributed by atoms with Crippen LogP contribution in [0.3, 0.4) is 0 Å². The number of unbranched alkanes of at least 4 members (excludes halogenated alkanes) is 1. The van der Waals surface area contributed by atoms with Crippen molar-refractivity contribution in [3.63, 3.8) is 0 Å². The quantitative estimate of drug-likeness (QED) is 0.819. The molecule has 0 amide bonds. The first kappa shape index (κ1) is 13.6. The molecule has 2 aromatic heterocycles. The first-order valence-corrected chi connectivity index (χ1v) is 6.19. The molecule has 5 nitrogen and oxygen atoms in total. The Morgan fingerprint density at radius 3 is 2.65 bits per heavy atom. The molecule has 0 saturated carbocycles. The molecule has 2 rings (SSSR count). The van der Waals surface area contributed by atoms with Gasteiger partial charge in [0.25, 0.3) is 0 Å². The second kappa shape index (κ2) is 6.96. The van der Waals surface area contributed by atoms with E-state index in [1.807, 2.05) is 37.4 Å². The average Bonchev–Trinajstić information content (AvgIpc) is 2.75. The van der Waals surface area contributed by atoms with Crippen molar-refractivity contribution in [3.8, 4) is 0 Å². The maximum atomic E-state index is 5.45. The lowest BCUT2D eigenvalue weighted by atomic mass is 10.2. The normalized spacial score (nSPS) is 10.1. The van der Waals surface area contributed by atoms with E-state index in [9.17, 15) is 0 Å². The van der Waals surface area contributed by atoms with Crippen molar-refractivity contribution in [1.29, 1.82) is 0 Å². The van der Waals surface area contributed by atoms with Crippen LogP contribution in [0.4, 0.5) is 0 Å². The molecule has 0 aromatic carbocycles. The van der Waals surface area contributed by atoms with Crippen LogP contribution in [0.25, 0.3) is 5.65 Å². The summed E-state index contributed by atoms with van der Waals surface area (Å²) in [6, 6.07) is 3.87. The molecule has 0 aliphatic rings. The van der Waals surface area contributed by atoms with Crippen LogP contribution in [0.2, 0.25) is 0 Å². The topological polar surface area (TPSA) is 69.1 Å². The van der Waals surface area contributed by atoms with Crippen LogP contribution < -0.4 is 5.73 Å². The van der Waals surface area contributed by atoms with Gasteiger partial charge in [-0.25, -0.2) is 0 Å². The lowest BCUT2D eigenvalue weighted by molar-refractivity contribution is 0.690. The van der Waals surface area contributed by atoms with Gasteiger partial charge in [-0.3, -0.25) is 0 Å². The van der Waals surface area contributed by atoms with Crippen LogP contribution in [-0.4, -0.2) is 26.4 Å². The van der Waals surface area contributed by atoms with E-state index in [2.05, 4.69) is 15.3 Å². The van der Waals surface area contributed by atoms with E-state index in [1.165, 1.54) is 0 Å². The fourth-order valence-corrected chi connectivity index (χ4v) is 1.51. The van der Waals surface area contributed by atoms with Gasteiger partial charge in [-0.05, 0) is 38.4 Å². The van der Waals surface area contributed by atoms with Crippen molar-refractivity contribution in [2.45, 2.75) is 40.0 Å². The lowest BCUT2D eigenvalue weighted by Crippen LogP contribution is -2.03. The fraction of sp³-hybridized carbons (Fsp3) is 0.583. The molecule has 0 spiro atoms. The van der Waals surface area contributed by atoms with Crippen LogP contribution in [0.15, 0.2) is 12.1 Å². The Morgan fingerprint density at radius 1 is 1.18 bits per heavy atom. The zero-order valence-electron chi connectivity index (χ0n) is 10.8. The van der Waals surface area contributed by atoms with Crippen LogP contribution in [0.5, 0.6) is 0 Å². The number of fused-ring (bicyclic) bond motifs is 1. The predicted octanol–water partition coefficient (Wildman–Crippen LogP) is 1.74. The number of aryl methyl sites for hydroxylation is 2. The van der Waals surface area contributed by atoms with E-state index in [0.29, 0.717) is 0 Å². The van der Waals surface area contributed by atoms with Gasteiger partial charge in [0, 0.05) is 6.42 Å². The highest BCUT2D eigenvalue weighted by molar-refractivity contribution is 5.35. The van der Waals surface area contributed by atoms with Gasteiger partial charge in [-0.15, -0.1) is 10.2 Å². The smallest absolute Gasteiger partial charge is 0.177 e. The predicted molar refractivity (Wildman–Crippen MR) is 68.9 cm³/mol. The van der Waals surface area contributed by atoms with Crippen LogP contribution in [0, 0.1) is 6.92 Å². The van der Waals surface area contributed by atoms with Crippen LogP contribution in [0.1, 0.15) is 38.2 Å². The molecule has 0 unspecified atom stereocenters. The Bertz CT molecular complexity index is 449. The van der Waals surface area contributed by atoms with Gasteiger partial charge in [-0.1, -0.05) is 13.8 Å². The summed E-state index contributed by atoms with van der Waals surface area (Å²) < 4.78 is 1.81. The Kier molecular flexibility index (Phi) is 5.56. The van der Waals surface area contributed by atoms with Gasteiger partial charge in [-0.2, -0.15) is 9.61 Å². The molecule has 0 atom stereocenters. The largest absolute Gasteiger partial charge is 0.330 e. The zero-order chi connectivity index (χ0) is 12.7. The Morgan fingerprint density at radius 2 is 1.94 bits per heavy atom. The third-order valence-electron chi connectivity index (χ3n) is 2.32. The highest BCUT2D eigenvalue weighted by Gasteiger charge is 2.05. The molecule has 0 fully saturated rings. The summed E-state index contributed by atoms with van der Waals surface area (Å²) in [5, 5.41) is 12.6. The summed E-state index contributed by atoms with van der Waals surface area (Å²) in [4.78, 5) is 0. The second-order valence-electron chi connectivity index (χ2n) is 3.61. The SMILES string of the molecule is CC.Cc1ccc2nnc(CCCCN)n2n1. The molecule has 0 bridgehead atoms. The van der Waals surface area contributed by atoms with Crippen molar-refractivity contribution >= 4 is 5.65 Å². The number of nitrogens with zero attached hydrogens (tertiary/aromatic N) is 4. The molecule has 17 heavy (non-hydrogen) atoms. The summed E-state index contributed by atoms with van der Waals surface area (Å²) in [5.74, 6) is 0.919. The lowest BCUT2D eigenvalue weighted by Gasteiger charge is -1.98. The van der Waals surface area contributed by atoms with E-state index >= 15 is 0 Å². The molecule has 0 aliphatic heterocycles. The Labute approximate surface area is 102 Å². The van der Waals surface area contributed by atoms with Gasteiger partial charge < -0.3 is 5.73 Å². The summed E-state index contributed by atoms with van der Waals surface area (Å²) in [6.07, 6.45) is 2.93. The molecule has 0 radical (unpaired) electrons. The van der Waals surface area contributed by atoms with Gasteiger partial charge in [0.05, 0.1) is 5.69 Å². The number of hydrogen-bond donors (Lipinski definition) is 1. The van der Waals surface area contributed by atoms with Gasteiger partial charge in [0.1, 0.15) is 0 Å². The third kappa shape index (κ3) is 3.49. The molecule has 94 valence electrons. The first-order chi connectivity index (χ1) is 8.31. The first-order valence-electron chi connectivity index (χ1n) is 6.19. The summed E-state index contributed by atoms with van der Waals surface area (Å²) in [7, 11) is 0. The van der Waals surface area contributed by atoms with Gasteiger partial charge in [0.2, 0.25) is 0 Å². The number of hydrogen-bond acceptors (Lipinski definition) is 4. The summed E-state index contributed by atoms with van der Waals surface area (Å²) in [5.41, 5.74) is 7.23. The highest BCUT2D eigenvalue weighted by atomic mass is 15.4. The minimum absolute atomic E-state index is 0.725. The number of rotatable bonds is 4. The molecule has 0 aliphatic carbocycles. The van der Waals surface area contributed by atoms with E-state index in [0.717, 1.165) is 43.0 Å². The summed E-state index contributed by atoms with van der Waals surface area (Å²) in [6.45, 7) is 6.69. The zero-order valence-corrected chi connectivity index (χ0v) is 10.8. The maximum absolute atomic E-state index is 5.45. The van der Waals surface area contributed by atoms with Crippen molar-refractivity contribution in [3.05, 3.63) is 23.7 Å². The molecule has 2 heterocycles. The van der Waals surface area contributed by atoms with Crippen molar-refractivity contribution in [1.82, 2.24) is 19.8 Å². The maximum Gasteiger partial charge on any atom is 0.177 e. The average molecular weight is 235 g/mol. The number of aromatic nitrogens is 4. The van der Waals surface area contributed by atoms with Gasteiger partial charge in [0.15, 0.2) is 11.5 Å². The van der Waals surface area contributed by atoms with E-state index in [4.69, 9.17) is 5.73 Å². The van der Waals surface area contributed by atoms with E-state index < -0.39 is 0 Å². The molecule has 5 heteroatoms. The number of nitrogens with two attached hydrogens (primary N) is 1. The molecular weight excluding hydrogens is 214 g/mol. The Balaban J connectivity index is 0.000000686.